The summed E-state index contributed by atoms with van der Waals surface area (Å²) in [4.78, 5) is 21.6. The minimum atomic E-state index is -0.906. The van der Waals surface area contributed by atoms with E-state index in [-0.39, 0.29) is 0 Å². The number of rotatable bonds is 3. The molecule has 4 rings (SSSR count). The Bertz CT molecular complexity index is 1030. The molecule has 140 valence electrons. The van der Waals surface area contributed by atoms with Crippen molar-refractivity contribution in [3.63, 3.8) is 0 Å². The molecule has 2 heterocycles. The van der Waals surface area contributed by atoms with Crippen molar-refractivity contribution in [3.05, 3.63) is 82.1 Å². The molecule has 0 unspecified atom stereocenters. The molecular formula is C22H18ClN3O2. The molecule has 1 amide bonds. The van der Waals surface area contributed by atoms with Gasteiger partial charge in [0, 0.05) is 35.3 Å². The SMILES string of the molecule is O=C(O)N1CCc2nc(-c3ccc(C=Cc4ccc(Cl)cc4)cc3)ncc2C1. The van der Waals surface area contributed by atoms with Crippen LogP contribution in [0.4, 0.5) is 4.79 Å². The quantitative estimate of drug-likeness (QED) is 0.638. The highest BCUT2D eigenvalue weighted by Gasteiger charge is 2.21. The van der Waals surface area contributed by atoms with Gasteiger partial charge in [-0.2, -0.15) is 0 Å². The molecular weight excluding hydrogens is 374 g/mol. The molecule has 0 atom stereocenters. The summed E-state index contributed by atoms with van der Waals surface area (Å²) in [5.41, 5.74) is 4.90. The Labute approximate surface area is 167 Å². The highest BCUT2D eigenvalue weighted by Crippen LogP contribution is 2.22. The smallest absolute Gasteiger partial charge is 0.407 e. The van der Waals surface area contributed by atoms with Gasteiger partial charge in [-0.3, -0.25) is 0 Å². The van der Waals surface area contributed by atoms with Crippen LogP contribution >= 0.6 is 11.6 Å². The number of hydrogen-bond acceptors (Lipinski definition) is 3. The van der Waals surface area contributed by atoms with Crippen molar-refractivity contribution in [1.29, 1.82) is 0 Å². The zero-order valence-electron chi connectivity index (χ0n) is 15.0. The van der Waals surface area contributed by atoms with Gasteiger partial charge in [0.15, 0.2) is 5.82 Å². The Morgan fingerprint density at radius 2 is 1.68 bits per heavy atom. The maximum Gasteiger partial charge on any atom is 0.407 e. The number of carboxylic acid groups (broad SMARTS) is 1. The molecule has 2 aromatic carbocycles. The second-order valence-electron chi connectivity index (χ2n) is 6.63. The van der Waals surface area contributed by atoms with Crippen LogP contribution in [-0.2, 0) is 13.0 Å². The van der Waals surface area contributed by atoms with Crippen molar-refractivity contribution >= 4 is 29.8 Å². The Kier molecular flexibility index (Phi) is 5.08. The van der Waals surface area contributed by atoms with Gasteiger partial charge < -0.3 is 10.0 Å². The predicted molar refractivity (Wildman–Crippen MR) is 110 cm³/mol. The lowest BCUT2D eigenvalue weighted by molar-refractivity contribution is 0.139. The van der Waals surface area contributed by atoms with Crippen LogP contribution in [0.25, 0.3) is 23.5 Å². The number of fused-ring (bicyclic) bond motifs is 1. The topological polar surface area (TPSA) is 66.3 Å². The van der Waals surface area contributed by atoms with Gasteiger partial charge in [-0.25, -0.2) is 14.8 Å². The summed E-state index contributed by atoms with van der Waals surface area (Å²) in [6.07, 6.45) is 5.52. The molecule has 1 aromatic heterocycles. The van der Waals surface area contributed by atoms with E-state index < -0.39 is 6.09 Å². The molecule has 0 saturated heterocycles. The van der Waals surface area contributed by atoms with Crippen LogP contribution in [0.2, 0.25) is 5.02 Å². The molecule has 6 heteroatoms. The van der Waals surface area contributed by atoms with E-state index in [0.29, 0.717) is 25.3 Å². The summed E-state index contributed by atoms with van der Waals surface area (Å²) in [6, 6.07) is 15.7. The molecule has 1 N–H and O–H groups in total. The normalized spacial score (nSPS) is 13.5. The average Bonchev–Trinajstić information content (AvgIpc) is 2.73. The summed E-state index contributed by atoms with van der Waals surface area (Å²) in [7, 11) is 0. The highest BCUT2D eigenvalue weighted by atomic mass is 35.5. The molecule has 0 bridgehead atoms. The van der Waals surface area contributed by atoms with Gasteiger partial charge in [0.1, 0.15) is 0 Å². The zero-order valence-corrected chi connectivity index (χ0v) is 15.8. The van der Waals surface area contributed by atoms with Crippen LogP contribution in [0.15, 0.2) is 54.7 Å². The third-order valence-corrected chi connectivity index (χ3v) is 4.96. The maximum atomic E-state index is 11.1. The van der Waals surface area contributed by atoms with Crippen molar-refractivity contribution in [3.8, 4) is 11.4 Å². The second kappa shape index (κ2) is 7.82. The molecule has 0 spiro atoms. The van der Waals surface area contributed by atoms with Gasteiger partial charge in [0.25, 0.3) is 0 Å². The molecule has 5 nitrogen and oxygen atoms in total. The lowest BCUT2D eigenvalue weighted by Gasteiger charge is -2.25. The lowest BCUT2D eigenvalue weighted by Crippen LogP contribution is -2.35. The Hall–Kier alpha value is -3.18. The zero-order chi connectivity index (χ0) is 19.5. The Morgan fingerprint density at radius 1 is 1.04 bits per heavy atom. The number of amides is 1. The fourth-order valence-corrected chi connectivity index (χ4v) is 3.25. The molecule has 0 saturated carbocycles. The number of carbonyl (C=O) groups is 1. The Balaban J connectivity index is 1.50. The van der Waals surface area contributed by atoms with Crippen LogP contribution in [0, 0.1) is 0 Å². The highest BCUT2D eigenvalue weighted by molar-refractivity contribution is 6.30. The number of hydrogen-bond donors (Lipinski definition) is 1. The lowest BCUT2D eigenvalue weighted by atomic mass is 10.1. The third kappa shape index (κ3) is 4.05. The second-order valence-corrected chi connectivity index (χ2v) is 7.06. The van der Waals surface area contributed by atoms with Crippen molar-refractivity contribution in [2.75, 3.05) is 6.54 Å². The van der Waals surface area contributed by atoms with E-state index >= 15 is 0 Å². The van der Waals surface area contributed by atoms with Gasteiger partial charge in [-0.1, -0.05) is 60.2 Å². The van der Waals surface area contributed by atoms with E-state index in [0.717, 1.165) is 33.0 Å². The summed E-state index contributed by atoms with van der Waals surface area (Å²) < 4.78 is 0. The number of halogens is 1. The summed E-state index contributed by atoms with van der Waals surface area (Å²) >= 11 is 5.91. The minimum Gasteiger partial charge on any atom is -0.465 e. The molecule has 0 radical (unpaired) electrons. The molecule has 0 aliphatic carbocycles. The van der Waals surface area contributed by atoms with Gasteiger partial charge in [-0.15, -0.1) is 0 Å². The van der Waals surface area contributed by atoms with Crippen molar-refractivity contribution < 1.29 is 9.90 Å². The number of aromatic nitrogens is 2. The third-order valence-electron chi connectivity index (χ3n) is 4.71. The molecule has 1 aliphatic heterocycles. The standard InChI is InChI=1S/C22H18ClN3O2/c23-19-9-5-16(6-10-19)2-1-15-3-7-17(8-4-15)21-24-13-18-14-26(22(27)28)12-11-20(18)25-21/h1-10,13H,11-12,14H2,(H,27,28). The predicted octanol–water partition coefficient (Wildman–Crippen LogP) is 5.00. The van der Waals surface area contributed by atoms with Gasteiger partial charge in [-0.05, 0) is 23.3 Å². The van der Waals surface area contributed by atoms with Crippen molar-refractivity contribution in [2.45, 2.75) is 13.0 Å². The van der Waals surface area contributed by atoms with E-state index in [1.165, 1.54) is 4.90 Å². The van der Waals surface area contributed by atoms with E-state index in [4.69, 9.17) is 16.7 Å². The first-order valence-electron chi connectivity index (χ1n) is 8.95. The van der Waals surface area contributed by atoms with E-state index in [1.54, 1.807) is 6.20 Å². The van der Waals surface area contributed by atoms with Crippen LogP contribution in [0.3, 0.4) is 0 Å². The van der Waals surface area contributed by atoms with Gasteiger partial charge >= 0.3 is 6.09 Å². The fourth-order valence-electron chi connectivity index (χ4n) is 3.13. The number of benzene rings is 2. The summed E-state index contributed by atoms with van der Waals surface area (Å²) in [5.74, 6) is 0.663. The first-order chi connectivity index (χ1) is 13.6. The monoisotopic (exact) mass is 391 g/mol. The van der Waals surface area contributed by atoms with Crippen molar-refractivity contribution in [2.24, 2.45) is 0 Å². The van der Waals surface area contributed by atoms with E-state index in [2.05, 4.69) is 9.97 Å². The van der Waals surface area contributed by atoms with Gasteiger partial charge in [0.2, 0.25) is 0 Å². The first kappa shape index (κ1) is 18.2. The van der Waals surface area contributed by atoms with Crippen molar-refractivity contribution in [1.82, 2.24) is 14.9 Å². The summed E-state index contributed by atoms with van der Waals surface area (Å²) in [5, 5.41) is 9.85. The van der Waals surface area contributed by atoms with E-state index in [1.807, 2.05) is 60.7 Å². The summed E-state index contributed by atoms with van der Waals surface area (Å²) in [6.45, 7) is 0.812. The van der Waals surface area contributed by atoms with E-state index in [9.17, 15) is 4.79 Å². The van der Waals surface area contributed by atoms with Crippen LogP contribution in [0.5, 0.6) is 0 Å². The maximum absolute atomic E-state index is 11.1. The molecule has 1 aliphatic rings. The minimum absolute atomic E-state index is 0.347. The van der Waals surface area contributed by atoms with Crippen LogP contribution in [-0.4, -0.2) is 32.6 Å². The average molecular weight is 392 g/mol. The first-order valence-corrected chi connectivity index (χ1v) is 9.33. The molecule has 28 heavy (non-hydrogen) atoms. The van der Waals surface area contributed by atoms with Crippen LogP contribution < -0.4 is 0 Å². The fraction of sp³-hybridized carbons (Fsp3) is 0.136. The van der Waals surface area contributed by atoms with Gasteiger partial charge in [0.05, 0.1) is 12.2 Å². The molecule has 3 aromatic rings. The van der Waals surface area contributed by atoms with Crippen LogP contribution in [0.1, 0.15) is 22.4 Å². The Morgan fingerprint density at radius 3 is 2.32 bits per heavy atom. The molecule has 0 fully saturated rings. The number of nitrogens with zero attached hydrogens (tertiary/aromatic N) is 3. The largest absolute Gasteiger partial charge is 0.465 e.